The summed E-state index contributed by atoms with van der Waals surface area (Å²) in [4.78, 5) is 34.8. The molecule has 0 saturated heterocycles. The van der Waals surface area contributed by atoms with Crippen LogP contribution in [0.25, 0.3) is 0 Å². The van der Waals surface area contributed by atoms with Gasteiger partial charge in [0.15, 0.2) is 0 Å². The molecule has 1 aliphatic heterocycles. The molecule has 2 unspecified atom stereocenters. The van der Waals surface area contributed by atoms with Crippen LogP contribution in [0.2, 0.25) is 0 Å². The average molecular weight is 569 g/mol. The highest BCUT2D eigenvalue weighted by atomic mass is 32.2. The van der Waals surface area contributed by atoms with E-state index in [1.54, 1.807) is 36.1 Å². The van der Waals surface area contributed by atoms with Gasteiger partial charge < -0.3 is 15.4 Å². The van der Waals surface area contributed by atoms with Gasteiger partial charge in [-0.05, 0) is 73.9 Å². The van der Waals surface area contributed by atoms with Crippen molar-refractivity contribution in [1.29, 1.82) is 0 Å². The van der Waals surface area contributed by atoms with E-state index in [-0.39, 0.29) is 11.8 Å². The van der Waals surface area contributed by atoms with Crippen LogP contribution >= 0.6 is 11.8 Å². The molecule has 0 aliphatic carbocycles. The van der Waals surface area contributed by atoms with Crippen LogP contribution in [-0.4, -0.2) is 39.4 Å². The minimum absolute atomic E-state index is 0.154. The van der Waals surface area contributed by atoms with Gasteiger partial charge in [0.1, 0.15) is 11.7 Å². The molecule has 1 aliphatic rings. The van der Waals surface area contributed by atoms with Crippen LogP contribution in [0.15, 0.2) is 76.9 Å². The van der Waals surface area contributed by atoms with E-state index in [2.05, 4.69) is 42.7 Å². The highest BCUT2D eigenvalue weighted by molar-refractivity contribution is 7.98. The summed E-state index contributed by atoms with van der Waals surface area (Å²) in [6.45, 7) is 7.50. The van der Waals surface area contributed by atoms with Gasteiger partial charge in [0.25, 0.3) is 0 Å². The Hall–Kier alpha value is -4.44. The van der Waals surface area contributed by atoms with E-state index in [9.17, 15) is 9.59 Å². The fraction of sp³-hybridized carbons (Fsp3) is 0.258. The Balaban J connectivity index is 1.47. The number of nitrogens with zero attached hydrogens (tertiary/aromatic N) is 4. The second-order valence-corrected chi connectivity index (χ2v) is 11.0. The lowest BCUT2D eigenvalue weighted by Gasteiger charge is -2.30. The van der Waals surface area contributed by atoms with Crippen LogP contribution in [0.5, 0.6) is 5.75 Å². The standard InChI is InChI=1S/C31H32N6O3S/c1-18-6-7-23(19(2)16-18)17-41-31-35-30-32-20(3)27(29(39)34-25-12-14-26(40-5)15-13-25)28(37(30)36-31)22-8-10-24(11-9-22)33-21(4)38/h6-16,27-28H,17H2,1-5H3,(H,33,38)(H,34,39). The highest BCUT2D eigenvalue weighted by Crippen LogP contribution is 2.38. The molecule has 41 heavy (non-hydrogen) atoms. The van der Waals surface area contributed by atoms with Gasteiger partial charge in [0.2, 0.25) is 22.9 Å². The van der Waals surface area contributed by atoms with E-state index in [4.69, 9.17) is 19.8 Å². The molecule has 9 nitrogen and oxygen atoms in total. The number of benzene rings is 3. The van der Waals surface area contributed by atoms with Gasteiger partial charge >= 0.3 is 0 Å². The minimum Gasteiger partial charge on any atom is -0.497 e. The molecule has 210 valence electrons. The summed E-state index contributed by atoms with van der Waals surface area (Å²) in [5, 5.41) is 11.2. The lowest BCUT2D eigenvalue weighted by molar-refractivity contribution is -0.119. The Labute approximate surface area is 243 Å². The normalized spacial score (nSPS) is 16.0. The molecular weight excluding hydrogens is 536 g/mol. The number of anilines is 2. The van der Waals surface area contributed by atoms with Gasteiger partial charge in [-0.1, -0.05) is 47.7 Å². The second-order valence-electron chi connectivity index (χ2n) is 10.1. The van der Waals surface area contributed by atoms with E-state index >= 15 is 0 Å². The fourth-order valence-corrected chi connectivity index (χ4v) is 5.80. The Kier molecular flexibility index (Phi) is 8.21. The zero-order chi connectivity index (χ0) is 29.1. The van der Waals surface area contributed by atoms with Crippen molar-refractivity contribution in [2.75, 3.05) is 17.7 Å². The van der Waals surface area contributed by atoms with E-state index in [1.807, 2.05) is 31.2 Å². The zero-order valence-corrected chi connectivity index (χ0v) is 24.5. The predicted octanol–water partition coefficient (Wildman–Crippen LogP) is 6.10. The molecule has 2 N–H and O–H groups in total. The van der Waals surface area contributed by atoms with E-state index in [0.717, 1.165) is 11.3 Å². The van der Waals surface area contributed by atoms with E-state index < -0.39 is 12.0 Å². The number of thioether (sulfide) groups is 1. The van der Waals surface area contributed by atoms with Crippen molar-refractivity contribution in [3.63, 3.8) is 0 Å². The number of ether oxygens (including phenoxy) is 1. The van der Waals surface area contributed by atoms with Crippen LogP contribution in [0.3, 0.4) is 0 Å². The van der Waals surface area contributed by atoms with Gasteiger partial charge in [-0.2, -0.15) is 4.98 Å². The number of fused-ring (bicyclic) bond motifs is 1. The molecule has 1 aromatic heterocycles. The first-order valence-corrected chi connectivity index (χ1v) is 14.2. The number of aliphatic imine (C=N–C) groups is 1. The lowest BCUT2D eigenvalue weighted by atomic mass is 9.87. The summed E-state index contributed by atoms with van der Waals surface area (Å²) >= 11 is 1.54. The van der Waals surface area contributed by atoms with Crippen molar-refractivity contribution in [3.05, 3.63) is 89.0 Å². The van der Waals surface area contributed by atoms with Crippen LogP contribution in [0, 0.1) is 19.8 Å². The van der Waals surface area contributed by atoms with Crippen molar-refractivity contribution in [3.8, 4) is 5.75 Å². The number of amides is 2. The Morgan fingerprint density at radius 1 is 0.951 bits per heavy atom. The van der Waals surface area contributed by atoms with Crippen LogP contribution in [-0.2, 0) is 15.3 Å². The van der Waals surface area contributed by atoms with Gasteiger partial charge in [-0.25, -0.2) is 9.67 Å². The number of hydrogen-bond donors (Lipinski definition) is 2. The maximum absolute atomic E-state index is 13.8. The number of rotatable bonds is 8. The van der Waals surface area contributed by atoms with Crippen molar-refractivity contribution in [1.82, 2.24) is 14.8 Å². The van der Waals surface area contributed by atoms with Crippen molar-refractivity contribution >= 4 is 46.6 Å². The van der Waals surface area contributed by atoms with Crippen molar-refractivity contribution < 1.29 is 14.3 Å². The molecular formula is C31H32N6O3S. The molecule has 0 radical (unpaired) electrons. The number of nitrogens with one attached hydrogen (secondary N) is 2. The predicted molar refractivity (Wildman–Crippen MR) is 162 cm³/mol. The Morgan fingerprint density at radius 3 is 2.29 bits per heavy atom. The Bertz CT molecular complexity index is 1610. The molecule has 2 amide bonds. The third-order valence-corrected chi connectivity index (χ3v) is 7.85. The van der Waals surface area contributed by atoms with Crippen molar-refractivity contribution in [2.45, 2.75) is 44.6 Å². The topological polar surface area (TPSA) is 110 Å². The average Bonchev–Trinajstić information content (AvgIpc) is 3.34. The molecule has 2 atom stereocenters. The van der Waals surface area contributed by atoms with Gasteiger partial charge in [0, 0.05) is 29.8 Å². The maximum Gasteiger partial charge on any atom is 0.249 e. The number of aryl methyl sites for hydroxylation is 2. The second kappa shape index (κ2) is 12.0. The largest absolute Gasteiger partial charge is 0.497 e. The molecule has 0 saturated carbocycles. The zero-order valence-electron chi connectivity index (χ0n) is 23.6. The molecule has 0 spiro atoms. The first-order valence-electron chi connectivity index (χ1n) is 13.2. The quantitative estimate of drug-likeness (QED) is 0.248. The highest BCUT2D eigenvalue weighted by Gasteiger charge is 2.39. The molecule has 0 fully saturated rings. The number of methoxy groups -OCH3 is 1. The summed E-state index contributed by atoms with van der Waals surface area (Å²) < 4.78 is 6.98. The first kappa shape index (κ1) is 28.1. The smallest absolute Gasteiger partial charge is 0.249 e. The summed E-state index contributed by atoms with van der Waals surface area (Å²) in [5.74, 6) is 0.867. The third-order valence-electron chi connectivity index (χ3n) is 6.97. The van der Waals surface area contributed by atoms with Crippen LogP contribution < -0.4 is 15.4 Å². The first-order chi connectivity index (χ1) is 19.7. The monoisotopic (exact) mass is 568 g/mol. The minimum atomic E-state index is -0.643. The van der Waals surface area contributed by atoms with Gasteiger partial charge in [0.05, 0.1) is 13.2 Å². The van der Waals surface area contributed by atoms with Gasteiger partial charge in [-0.3, -0.25) is 9.59 Å². The lowest BCUT2D eigenvalue weighted by Crippen LogP contribution is -2.39. The number of aromatic nitrogens is 3. The SMILES string of the molecule is COc1ccc(NC(=O)C2C(C)=Nc3nc(SCc4ccc(C)cc4C)nn3C2c2ccc(NC(C)=O)cc2)cc1. The number of carbonyl (C=O) groups is 2. The van der Waals surface area contributed by atoms with Crippen molar-refractivity contribution in [2.24, 2.45) is 10.9 Å². The van der Waals surface area contributed by atoms with Crippen LogP contribution in [0.1, 0.15) is 42.1 Å². The molecule has 10 heteroatoms. The van der Waals surface area contributed by atoms with E-state index in [1.165, 1.54) is 35.4 Å². The maximum atomic E-state index is 13.8. The van der Waals surface area contributed by atoms with Crippen LogP contribution in [0.4, 0.5) is 17.3 Å². The molecule has 2 heterocycles. The molecule has 3 aromatic carbocycles. The number of hydrogen-bond acceptors (Lipinski definition) is 7. The summed E-state index contributed by atoms with van der Waals surface area (Å²) in [6, 6.07) is 20.5. The van der Waals surface area contributed by atoms with Gasteiger partial charge in [-0.15, -0.1) is 5.10 Å². The molecule has 5 rings (SSSR count). The number of carbonyl (C=O) groups excluding carboxylic acids is 2. The Morgan fingerprint density at radius 2 is 1.63 bits per heavy atom. The molecule has 0 bridgehead atoms. The fourth-order valence-electron chi connectivity index (χ4n) is 4.90. The summed E-state index contributed by atoms with van der Waals surface area (Å²) in [5.41, 5.74) is 6.47. The van der Waals surface area contributed by atoms with E-state index in [0.29, 0.717) is 33.9 Å². The third kappa shape index (κ3) is 6.33. The summed E-state index contributed by atoms with van der Waals surface area (Å²) in [7, 11) is 1.60. The summed E-state index contributed by atoms with van der Waals surface area (Å²) in [6.07, 6.45) is 0. The molecule has 4 aromatic rings.